The van der Waals surface area contributed by atoms with Crippen molar-refractivity contribution in [1.29, 1.82) is 0 Å². The molecule has 170 valence electrons. The van der Waals surface area contributed by atoms with E-state index in [2.05, 4.69) is 15.8 Å². The van der Waals surface area contributed by atoms with Gasteiger partial charge in [0.05, 0.1) is 13.3 Å². The summed E-state index contributed by atoms with van der Waals surface area (Å²) < 4.78 is 11.2. The summed E-state index contributed by atoms with van der Waals surface area (Å²) in [5, 5.41) is 7.29. The molecule has 7 nitrogen and oxygen atoms in total. The number of nitrogens with one attached hydrogen (secondary N) is 2. The summed E-state index contributed by atoms with van der Waals surface area (Å²) >= 11 is 5.90. The van der Waals surface area contributed by atoms with Crippen molar-refractivity contribution in [2.24, 2.45) is 5.10 Å². The Bertz CT molecular complexity index is 1150. The minimum Gasteiger partial charge on any atom is -0.493 e. The van der Waals surface area contributed by atoms with Crippen LogP contribution in [0.5, 0.6) is 11.5 Å². The van der Waals surface area contributed by atoms with Crippen molar-refractivity contribution in [3.63, 3.8) is 0 Å². The van der Waals surface area contributed by atoms with Crippen LogP contribution in [0.25, 0.3) is 0 Å². The Labute approximate surface area is 197 Å². The summed E-state index contributed by atoms with van der Waals surface area (Å²) in [5.74, 6) is 0.159. The molecule has 0 radical (unpaired) electrons. The molecule has 0 spiro atoms. The van der Waals surface area contributed by atoms with Crippen molar-refractivity contribution >= 4 is 35.3 Å². The molecule has 0 atom stereocenters. The van der Waals surface area contributed by atoms with E-state index in [0.717, 1.165) is 11.1 Å². The van der Waals surface area contributed by atoms with Gasteiger partial charge in [-0.1, -0.05) is 41.9 Å². The van der Waals surface area contributed by atoms with Crippen LogP contribution in [0.1, 0.15) is 23.1 Å². The van der Waals surface area contributed by atoms with Crippen LogP contribution in [-0.2, 0) is 16.2 Å². The Morgan fingerprint density at radius 1 is 1.00 bits per heavy atom. The molecule has 0 aliphatic carbocycles. The van der Waals surface area contributed by atoms with Crippen LogP contribution in [0.2, 0.25) is 5.02 Å². The fourth-order valence-electron chi connectivity index (χ4n) is 2.90. The largest absolute Gasteiger partial charge is 0.493 e. The zero-order valence-electron chi connectivity index (χ0n) is 18.3. The maximum Gasteiger partial charge on any atom is 0.249 e. The third kappa shape index (κ3) is 7.36. The van der Waals surface area contributed by atoms with Gasteiger partial charge in [-0.2, -0.15) is 5.10 Å². The molecular weight excluding hydrogens is 442 g/mol. The monoisotopic (exact) mass is 465 g/mol. The first-order valence-corrected chi connectivity index (χ1v) is 10.5. The molecule has 0 bridgehead atoms. The number of amides is 2. The van der Waals surface area contributed by atoms with Gasteiger partial charge in [0, 0.05) is 10.7 Å². The van der Waals surface area contributed by atoms with E-state index in [0.29, 0.717) is 34.4 Å². The highest BCUT2D eigenvalue weighted by Crippen LogP contribution is 2.28. The van der Waals surface area contributed by atoms with Crippen LogP contribution < -0.4 is 20.2 Å². The number of carbonyl (C=O) groups is 2. The number of carbonyl (C=O) groups excluding carboxylic acids is 2. The van der Waals surface area contributed by atoms with Crippen LogP contribution in [0.3, 0.4) is 0 Å². The topological polar surface area (TPSA) is 89.0 Å². The zero-order chi connectivity index (χ0) is 23.6. The fraction of sp³-hybridized carbons (Fsp3) is 0.160. The first kappa shape index (κ1) is 23.8. The SMILES string of the molecule is COc1cc(C=NNC(=O)CC(=O)Nc2ccccc2C)ccc1OCc1ccc(Cl)cc1. The summed E-state index contributed by atoms with van der Waals surface area (Å²) in [6.45, 7) is 2.24. The fourth-order valence-corrected chi connectivity index (χ4v) is 3.02. The van der Waals surface area contributed by atoms with Gasteiger partial charge in [-0.15, -0.1) is 0 Å². The molecule has 3 aromatic rings. The van der Waals surface area contributed by atoms with Gasteiger partial charge in [0.2, 0.25) is 11.8 Å². The van der Waals surface area contributed by atoms with E-state index in [-0.39, 0.29) is 6.42 Å². The minimum absolute atomic E-state index is 0.341. The highest BCUT2D eigenvalue weighted by Gasteiger charge is 2.10. The number of methoxy groups -OCH3 is 1. The summed E-state index contributed by atoms with van der Waals surface area (Å²) in [4.78, 5) is 24.0. The first-order valence-electron chi connectivity index (χ1n) is 10.2. The van der Waals surface area contributed by atoms with Crippen LogP contribution >= 0.6 is 11.6 Å². The molecular formula is C25H24ClN3O4. The normalized spacial score (nSPS) is 10.6. The lowest BCUT2D eigenvalue weighted by molar-refractivity contribution is -0.126. The molecule has 0 aromatic heterocycles. The number of ether oxygens (including phenoxy) is 2. The molecule has 3 rings (SSSR count). The molecule has 2 N–H and O–H groups in total. The second kappa shape index (κ2) is 11.7. The molecule has 0 aliphatic heterocycles. The Morgan fingerprint density at radius 2 is 1.76 bits per heavy atom. The van der Waals surface area contributed by atoms with Gasteiger partial charge in [-0.05, 0) is 60.0 Å². The quantitative estimate of drug-likeness (QED) is 0.272. The minimum atomic E-state index is -0.521. The van der Waals surface area contributed by atoms with Gasteiger partial charge >= 0.3 is 0 Å². The molecule has 8 heteroatoms. The van der Waals surface area contributed by atoms with Crippen LogP contribution in [0.15, 0.2) is 71.8 Å². The molecule has 0 aliphatic rings. The highest BCUT2D eigenvalue weighted by molar-refractivity contribution is 6.30. The number of anilines is 1. The highest BCUT2D eigenvalue weighted by atomic mass is 35.5. The number of benzene rings is 3. The second-order valence-electron chi connectivity index (χ2n) is 7.16. The number of aryl methyl sites for hydroxylation is 1. The van der Waals surface area contributed by atoms with E-state index in [1.807, 2.05) is 37.3 Å². The lowest BCUT2D eigenvalue weighted by Gasteiger charge is -2.11. The number of halogens is 1. The van der Waals surface area contributed by atoms with E-state index in [9.17, 15) is 9.59 Å². The van der Waals surface area contributed by atoms with Crippen molar-refractivity contribution < 1.29 is 19.1 Å². The van der Waals surface area contributed by atoms with E-state index in [1.165, 1.54) is 6.21 Å². The van der Waals surface area contributed by atoms with E-state index < -0.39 is 11.8 Å². The molecule has 0 saturated heterocycles. The molecule has 0 unspecified atom stereocenters. The summed E-state index contributed by atoms with van der Waals surface area (Å²) in [6.07, 6.45) is 1.12. The Morgan fingerprint density at radius 3 is 2.48 bits per heavy atom. The van der Waals surface area contributed by atoms with Crippen LogP contribution in [-0.4, -0.2) is 25.1 Å². The van der Waals surface area contributed by atoms with Gasteiger partial charge in [-0.25, -0.2) is 5.43 Å². The molecule has 33 heavy (non-hydrogen) atoms. The van der Waals surface area contributed by atoms with Gasteiger partial charge < -0.3 is 14.8 Å². The Kier molecular flexibility index (Phi) is 8.43. The third-order valence-corrected chi connectivity index (χ3v) is 4.89. The van der Waals surface area contributed by atoms with Crippen LogP contribution in [0.4, 0.5) is 5.69 Å². The molecule has 0 heterocycles. The molecule has 2 amide bonds. The molecule has 0 saturated carbocycles. The van der Waals surface area contributed by atoms with Gasteiger partial charge in [0.25, 0.3) is 0 Å². The molecule has 3 aromatic carbocycles. The van der Waals surface area contributed by atoms with Gasteiger partial charge in [0.1, 0.15) is 13.0 Å². The van der Waals surface area contributed by atoms with E-state index >= 15 is 0 Å². The maximum absolute atomic E-state index is 12.0. The van der Waals surface area contributed by atoms with Crippen molar-refractivity contribution in [3.05, 3.63) is 88.4 Å². The first-order chi connectivity index (χ1) is 15.9. The molecule has 0 fully saturated rings. The van der Waals surface area contributed by atoms with Gasteiger partial charge in [0.15, 0.2) is 11.5 Å². The lowest BCUT2D eigenvalue weighted by Crippen LogP contribution is -2.24. The average Bonchev–Trinajstić information content (AvgIpc) is 2.80. The standard InChI is InChI=1S/C25H24ClN3O4/c1-17-5-3-4-6-21(17)28-24(30)14-25(31)29-27-15-19-9-12-22(23(13-19)32-2)33-16-18-7-10-20(26)11-8-18/h3-13,15H,14,16H2,1-2H3,(H,28,30)(H,29,31). The Hall–Kier alpha value is -3.84. The summed E-state index contributed by atoms with van der Waals surface area (Å²) in [7, 11) is 1.54. The maximum atomic E-state index is 12.0. The average molecular weight is 466 g/mol. The number of nitrogens with zero attached hydrogens (tertiary/aromatic N) is 1. The number of hydrogen-bond acceptors (Lipinski definition) is 5. The van der Waals surface area contributed by atoms with Crippen molar-refractivity contribution in [3.8, 4) is 11.5 Å². The zero-order valence-corrected chi connectivity index (χ0v) is 19.1. The van der Waals surface area contributed by atoms with Crippen molar-refractivity contribution in [2.45, 2.75) is 20.0 Å². The summed E-state index contributed by atoms with van der Waals surface area (Å²) in [6, 6.07) is 20.0. The predicted molar refractivity (Wildman–Crippen MR) is 129 cm³/mol. The van der Waals surface area contributed by atoms with Crippen LogP contribution in [0, 0.1) is 6.92 Å². The van der Waals surface area contributed by atoms with E-state index in [1.54, 1.807) is 43.5 Å². The number of rotatable bonds is 9. The number of hydrogen-bond donors (Lipinski definition) is 2. The predicted octanol–water partition coefficient (Wildman–Crippen LogP) is 4.71. The lowest BCUT2D eigenvalue weighted by atomic mass is 10.2. The number of hydrazone groups is 1. The third-order valence-electron chi connectivity index (χ3n) is 4.64. The number of para-hydroxylation sites is 1. The van der Waals surface area contributed by atoms with Gasteiger partial charge in [-0.3, -0.25) is 9.59 Å². The second-order valence-corrected chi connectivity index (χ2v) is 7.59. The Balaban J connectivity index is 1.51. The smallest absolute Gasteiger partial charge is 0.249 e. The van der Waals surface area contributed by atoms with Crippen molar-refractivity contribution in [1.82, 2.24) is 5.43 Å². The van der Waals surface area contributed by atoms with Crippen molar-refractivity contribution in [2.75, 3.05) is 12.4 Å². The summed E-state index contributed by atoms with van der Waals surface area (Å²) in [5.41, 5.74) is 5.60. The van der Waals surface area contributed by atoms with E-state index in [4.69, 9.17) is 21.1 Å².